The van der Waals surface area contributed by atoms with Gasteiger partial charge in [0.15, 0.2) is 5.69 Å². The summed E-state index contributed by atoms with van der Waals surface area (Å²) in [4.78, 5) is 17.0. The first-order chi connectivity index (χ1) is 10.9. The molecule has 124 valence electrons. The number of pyridine rings is 1. The maximum absolute atomic E-state index is 13.0. The summed E-state index contributed by atoms with van der Waals surface area (Å²) in [6.45, 7) is 2.92. The van der Waals surface area contributed by atoms with Crippen molar-refractivity contribution in [2.75, 3.05) is 24.6 Å². The van der Waals surface area contributed by atoms with Crippen molar-refractivity contribution in [3.8, 4) is 6.07 Å². The highest BCUT2D eigenvalue weighted by Crippen LogP contribution is 2.34. The molecule has 1 aliphatic heterocycles. The van der Waals surface area contributed by atoms with Crippen LogP contribution in [0.5, 0.6) is 0 Å². The molecule has 1 saturated heterocycles. The van der Waals surface area contributed by atoms with Gasteiger partial charge in [-0.25, -0.2) is 4.98 Å². The fourth-order valence-electron chi connectivity index (χ4n) is 2.57. The molecule has 2 heterocycles. The minimum atomic E-state index is -4.63. The molecule has 23 heavy (non-hydrogen) atoms. The molecule has 0 unspecified atom stereocenters. The van der Waals surface area contributed by atoms with Gasteiger partial charge in [0.1, 0.15) is 6.07 Å². The molecular weight excluding hydrogens is 311 g/mol. The lowest BCUT2D eigenvalue weighted by Gasteiger charge is -2.32. The maximum atomic E-state index is 13.0. The topological polar surface area (TPSA) is 66.2 Å². The number of carbonyl (C=O) groups is 1. The van der Waals surface area contributed by atoms with E-state index in [4.69, 9.17) is 10.00 Å². The average molecular weight is 327 g/mol. The Morgan fingerprint density at radius 3 is 2.65 bits per heavy atom. The van der Waals surface area contributed by atoms with Gasteiger partial charge in [-0.3, -0.25) is 4.79 Å². The Hall–Kier alpha value is -2.30. The monoisotopic (exact) mass is 327 g/mol. The summed E-state index contributed by atoms with van der Waals surface area (Å²) in [6.07, 6.45) is -2.34. The summed E-state index contributed by atoms with van der Waals surface area (Å²) in [6, 6.07) is 2.40. The van der Waals surface area contributed by atoms with Crippen LogP contribution in [0.4, 0.5) is 18.9 Å². The first kappa shape index (κ1) is 17.1. The first-order valence-corrected chi connectivity index (χ1v) is 7.25. The third kappa shape index (κ3) is 3.92. The third-order valence-electron chi connectivity index (χ3n) is 3.76. The van der Waals surface area contributed by atoms with E-state index < -0.39 is 17.4 Å². The highest BCUT2D eigenvalue weighted by atomic mass is 19.4. The molecule has 1 aliphatic rings. The van der Waals surface area contributed by atoms with Crippen LogP contribution >= 0.6 is 0 Å². The quantitative estimate of drug-likeness (QED) is 0.799. The highest BCUT2D eigenvalue weighted by molar-refractivity contribution is 5.72. The van der Waals surface area contributed by atoms with E-state index in [1.54, 1.807) is 11.8 Å². The van der Waals surface area contributed by atoms with Gasteiger partial charge in [-0.2, -0.15) is 18.4 Å². The summed E-state index contributed by atoms with van der Waals surface area (Å²) < 4.78 is 43.9. The Morgan fingerprint density at radius 1 is 1.48 bits per heavy atom. The molecule has 0 bridgehead atoms. The van der Waals surface area contributed by atoms with Gasteiger partial charge in [0.25, 0.3) is 0 Å². The summed E-state index contributed by atoms with van der Waals surface area (Å²) in [5.41, 5.74) is -1.37. The number of hydrogen-bond acceptors (Lipinski definition) is 5. The van der Waals surface area contributed by atoms with Gasteiger partial charge in [0.05, 0.1) is 30.0 Å². The second kappa shape index (κ2) is 6.86. The Balaban J connectivity index is 2.13. The molecule has 0 saturated carbocycles. The van der Waals surface area contributed by atoms with Gasteiger partial charge in [-0.05, 0) is 25.8 Å². The fraction of sp³-hybridized carbons (Fsp3) is 0.533. The SMILES string of the molecule is CCOC(=O)C1CCN(c2cnc(C#N)c(C(F)(F)F)c2)CC1. The zero-order chi connectivity index (χ0) is 17.0. The number of alkyl halides is 3. The van der Waals surface area contributed by atoms with Crippen molar-refractivity contribution in [2.24, 2.45) is 5.92 Å². The van der Waals surface area contributed by atoms with Crippen molar-refractivity contribution < 1.29 is 22.7 Å². The van der Waals surface area contributed by atoms with E-state index in [-0.39, 0.29) is 11.9 Å². The lowest BCUT2D eigenvalue weighted by atomic mass is 9.96. The predicted octanol–water partition coefficient (Wildman–Crippen LogP) is 2.75. The molecule has 2 rings (SSSR count). The summed E-state index contributed by atoms with van der Waals surface area (Å²) in [7, 11) is 0. The number of ether oxygens (including phenoxy) is 1. The lowest BCUT2D eigenvalue weighted by molar-refractivity contribution is -0.148. The molecule has 1 aromatic heterocycles. The Morgan fingerprint density at radius 2 is 2.13 bits per heavy atom. The van der Waals surface area contributed by atoms with E-state index in [0.717, 1.165) is 6.07 Å². The molecular formula is C15H16F3N3O2. The molecule has 0 amide bonds. The Labute approximate surface area is 131 Å². The van der Waals surface area contributed by atoms with Crippen molar-refractivity contribution in [3.63, 3.8) is 0 Å². The molecule has 0 atom stereocenters. The van der Waals surface area contributed by atoms with Gasteiger partial charge < -0.3 is 9.64 Å². The second-order valence-electron chi connectivity index (χ2n) is 5.21. The number of hydrogen-bond donors (Lipinski definition) is 0. The predicted molar refractivity (Wildman–Crippen MR) is 75.5 cm³/mol. The number of carbonyl (C=O) groups excluding carboxylic acids is 1. The van der Waals surface area contributed by atoms with E-state index in [0.29, 0.717) is 38.2 Å². The standard InChI is InChI=1S/C15H16F3N3O2/c1-2-23-14(22)10-3-5-21(6-4-10)11-7-12(15(16,17)18)13(8-19)20-9-11/h7,9-10H,2-6H2,1H3. The van der Waals surface area contributed by atoms with Gasteiger partial charge in [-0.1, -0.05) is 0 Å². The van der Waals surface area contributed by atoms with E-state index in [9.17, 15) is 18.0 Å². The molecule has 0 spiro atoms. The van der Waals surface area contributed by atoms with Crippen LogP contribution in [0.1, 0.15) is 31.0 Å². The molecule has 0 radical (unpaired) electrons. The van der Waals surface area contributed by atoms with Crippen molar-refractivity contribution in [1.29, 1.82) is 5.26 Å². The lowest BCUT2D eigenvalue weighted by Crippen LogP contribution is -2.37. The molecule has 5 nitrogen and oxygen atoms in total. The first-order valence-electron chi connectivity index (χ1n) is 7.25. The fourth-order valence-corrected chi connectivity index (χ4v) is 2.57. The van der Waals surface area contributed by atoms with Gasteiger partial charge in [-0.15, -0.1) is 0 Å². The number of piperidine rings is 1. The van der Waals surface area contributed by atoms with Crippen LogP contribution in [0.25, 0.3) is 0 Å². The normalized spacial score (nSPS) is 16.0. The van der Waals surface area contributed by atoms with Gasteiger partial charge in [0.2, 0.25) is 0 Å². The minimum Gasteiger partial charge on any atom is -0.466 e. The highest BCUT2D eigenvalue weighted by Gasteiger charge is 2.35. The van der Waals surface area contributed by atoms with Crippen molar-refractivity contribution in [1.82, 2.24) is 4.98 Å². The van der Waals surface area contributed by atoms with Gasteiger partial charge >= 0.3 is 12.1 Å². The molecule has 8 heteroatoms. The zero-order valence-corrected chi connectivity index (χ0v) is 12.6. The average Bonchev–Trinajstić information content (AvgIpc) is 2.54. The summed E-state index contributed by atoms with van der Waals surface area (Å²) in [5, 5.41) is 8.75. The largest absolute Gasteiger partial charge is 0.466 e. The molecule has 0 aliphatic carbocycles. The number of anilines is 1. The Bertz CT molecular complexity index is 617. The number of halogens is 3. The van der Waals surface area contributed by atoms with E-state index in [2.05, 4.69) is 4.98 Å². The van der Waals surface area contributed by atoms with Crippen LogP contribution in [-0.4, -0.2) is 30.6 Å². The number of esters is 1. The van der Waals surface area contributed by atoms with Crippen molar-refractivity contribution in [2.45, 2.75) is 25.9 Å². The van der Waals surface area contributed by atoms with Crippen molar-refractivity contribution >= 4 is 11.7 Å². The minimum absolute atomic E-state index is 0.223. The van der Waals surface area contributed by atoms with Crippen LogP contribution in [0, 0.1) is 17.2 Å². The maximum Gasteiger partial charge on any atom is 0.419 e. The van der Waals surface area contributed by atoms with Crippen LogP contribution in [-0.2, 0) is 15.7 Å². The molecule has 0 aromatic carbocycles. The Kier molecular flexibility index (Phi) is 5.08. The van der Waals surface area contributed by atoms with Crippen molar-refractivity contribution in [3.05, 3.63) is 23.5 Å². The second-order valence-corrected chi connectivity index (χ2v) is 5.21. The van der Waals surface area contributed by atoms with Crippen LogP contribution in [0.15, 0.2) is 12.3 Å². The van der Waals surface area contributed by atoms with Crippen LogP contribution < -0.4 is 4.90 Å². The third-order valence-corrected chi connectivity index (χ3v) is 3.76. The molecule has 1 aromatic rings. The zero-order valence-electron chi connectivity index (χ0n) is 12.6. The van der Waals surface area contributed by atoms with E-state index >= 15 is 0 Å². The van der Waals surface area contributed by atoms with Crippen LogP contribution in [0.3, 0.4) is 0 Å². The summed E-state index contributed by atoms with van der Waals surface area (Å²) in [5.74, 6) is -0.485. The van der Waals surface area contributed by atoms with Crippen LogP contribution in [0.2, 0.25) is 0 Å². The van der Waals surface area contributed by atoms with E-state index in [1.807, 2.05) is 0 Å². The van der Waals surface area contributed by atoms with E-state index in [1.165, 1.54) is 12.3 Å². The number of nitrogens with zero attached hydrogens (tertiary/aromatic N) is 3. The molecule has 1 fully saturated rings. The number of nitriles is 1. The smallest absolute Gasteiger partial charge is 0.419 e. The van der Waals surface area contributed by atoms with Gasteiger partial charge in [0, 0.05) is 13.1 Å². The number of rotatable bonds is 3. The molecule has 0 N–H and O–H groups in total. The summed E-state index contributed by atoms with van der Waals surface area (Å²) >= 11 is 0. The number of aromatic nitrogens is 1.